The Morgan fingerprint density at radius 1 is 1.32 bits per heavy atom. The van der Waals surface area contributed by atoms with Gasteiger partial charge in [0.15, 0.2) is 0 Å². The number of rotatable bonds is 5. The third-order valence-electron chi connectivity index (χ3n) is 4.66. The van der Waals surface area contributed by atoms with Crippen molar-refractivity contribution in [1.29, 1.82) is 0 Å². The van der Waals surface area contributed by atoms with Gasteiger partial charge in [0.2, 0.25) is 0 Å². The Morgan fingerprint density at radius 2 is 2.16 bits per heavy atom. The van der Waals surface area contributed by atoms with Crippen LogP contribution in [0.3, 0.4) is 0 Å². The van der Waals surface area contributed by atoms with Gasteiger partial charge in [-0.1, -0.05) is 13.8 Å². The van der Waals surface area contributed by atoms with Gasteiger partial charge >= 0.3 is 0 Å². The molecule has 1 aliphatic heterocycles. The van der Waals surface area contributed by atoms with Gasteiger partial charge in [-0.15, -0.1) is 0 Å². The highest BCUT2D eigenvalue weighted by atomic mass is 16.2. The summed E-state index contributed by atoms with van der Waals surface area (Å²) in [6.45, 7) is 5.97. The van der Waals surface area contributed by atoms with Crippen LogP contribution in [0.2, 0.25) is 0 Å². The average Bonchev–Trinajstić information content (AvgIpc) is 3.12. The molecule has 1 fully saturated rings. The molecule has 0 unspecified atom stereocenters. The van der Waals surface area contributed by atoms with Crippen molar-refractivity contribution in [3.8, 4) is 0 Å². The van der Waals surface area contributed by atoms with Gasteiger partial charge in [0.05, 0.1) is 6.04 Å². The quantitative estimate of drug-likeness (QED) is 0.831. The Bertz CT molecular complexity index is 795. The molecule has 0 spiro atoms. The Kier molecular flexibility index (Phi) is 5.31. The number of likely N-dealkylation sites (tertiary alicyclic amines) is 1. The Balaban J connectivity index is 1.78. The van der Waals surface area contributed by atoms with Crippen LogP contribution in [0.4, 0.5) is 0 Å². The highest BCUT2D eigenvalue weighted by molar-refractivity contribution is 5.92. The fourth-order valence-corrected chi connectivity index (χ4v) is 3.41. The number of carbonyl (C=O) groups excluding carboxylic acids is 1. The van der Waals surface area contributed by atoms with Crippen molar-refractivity contribution < 1.29 is 4.79 Å². The predicted octanol–water partition coefficient (Wildman–Crippen LogP) is 1.89. The van der Waals surface area contributed by atoms with Crippen LogP contribution in [0.5, 0.6) is 0 Å². The molecular formula is C18H25N5O2. The van der Waals surface area contributed by atoms with E-state index in [1.807, 2.05) is 24.2 Å². The van der Waals surface area contributed by atoms with Crippen LogP contribution < -0.4 is 5.56 Å². The van der Waals surface area contributed by atoms with E-state index in [9.17, 15) is 9.59 Å². The molecule has 2 aromatic heterocycles. The van der Waals surface area contributed by atoms with E-state index in [1.54, 1.807) is 0 Å². The van der Waals surface area contributed by atoms with Crippen LogP contribution in [-0.2, 0) is 13.0 Å². The first-order chi connectivity index (χ1) is 12.1. The van der Waals surface area contributed by atoms with Gasteiger partial charge in [0.1, 0.15) is 11.5 Å². The number of aryl methyl sites for hydroxylation is 2. The van der Waals surface area contributed by atoms with E-state index in [2.05, 4.69) is 21.6 Å². The number of amides is 1. The summed E-state index contributed by atoms with van der Waals surface area (Å²) < 4.78 is 3.56. The predicted molar refractivity (Wildman–Crippen MR) is 94.6 cm³/mol. The van der Waals surface area contributed by atoms with Crippen LogP contribution in [0.15, 0.2) is 29.3 Å². The number of piperidine rings is 1. The van der Waals surface area contributed by atoms with Crippen molar-refractivity contribution in [3.63, 3.8) is 0 Å². The second kappa shape index (κ2) is 7.63. The molecule has 25 heavy (non-hydrogen) atoms. The van der Waals surface area contributed by atoms with Crippen LogP contribution >= 0.6 is 0 Å². The third-order valence-corrected chi connectivity index (χ3v) is 4.66. The van der Waals surface area contributed by atoms with Gasteiger partial charge in [-0.25, -0.2) is 9.67 Å². The van der Waals surface area contributed by atoms with Gasteiger partial charge < -0.3 is 9.47 Å². The SMILES string of the molecule is CCCn1nc(C(=O)N2CCC[C@@H](n3ccnc3CC)C2)ccc1=O. The lowest BCUT2D eigenvalue weighted by molar-refractivity contribution is 0.0669. The molecule has 134 valence electrons. The molecule has 0 radical (unpaired) electrons. The van der Waals surface area contributed by atoms with E-state index in [-0.39, 0.29) is 17.5 Å². The summed E-state index contributed by atoms with van der Waals surface area (Å²) in [5, 5.41) is 4.25. The molecule has 3 heterocycles. The molecule has 7 nitrogen and oxygen atoms in total. The van der Waals surface area contributed by atoms with Crippen LogP contribution in [0.25, 0.3) is 0 Å². The molecule has 1 atom stereocenters. The molecule has 0 bridgehead atoms. The van der Waals surface area contributed by atoms with E-state index in [4.69, 9.17) is 0 Å². The van der Waals surface area contributed by atoms with Crippen LogP contribution in [0.1, 0.15) is 55.5 Å². The summed E-state index contributed by atoms with van der Waals surface area (Å²) in [6.07, 6.45) is 7.49. The Labute approximate surface area is 147 Å². The lowest BCUT2D eigenvalue weighted by atomic mass is 10.0. The zero-order chi connectivity index (χ0) is 17.8. The molecule has 7 heteroatoms. The molecule has 1 aliphatic rings. The normalized spacial score (nSPS) is 17.7. The molecule has 0 aromatic carbocycles. The van der Waals surface area contributed by atoms with E-state index in [0.717, 1.165) is 38.1 Å². The maximum atomic E-state index is 12.9. The van der Waals surface area contributed by atoms with Gasteiger partial charge in [0, 0.05) is 44.5 Å². The molecule has 0 N–H and O–H groups in total. The smallest absolute Gasteiger partial charge is 0.274 e. The van der Waals surface area contributed by atoms with Crippen LogP contribution in [-0.4, -0.2) is 43.2 Å². The van der Waals surface area contributed by atoms with Gasteiger partial charge in [-0.2, -0.15) is 5.10 Å². The standard InChI is InChI=1S/C18H25N5O2/c1-3-10-23-17(24)8-7-15(20-23)18(25)21-11-5-6-14(13-21)22-12-9-19-16(22)4-2/h7-9,12,14H,3-6,10-11,13H2,1-2H3/t14-/m1/s1. The van der Waals surface area contributed by atoms with Gasteiger partial charge in [-0.3, -0.25) is 9.59 Å². The minimum atomic E-state index is -0.166. The summed E-state index contributed by atoms with van der Waals surface area (Å²) in [4.78, 5) is 30.9. The third kappa shape index (κ3) is 3.65. The number of aromatic nitrogens is 4. The zero-order valence-electron chi connectivity index (χ0n) is 14.9. The lowest BCUT2D eigenvalue weighted by Crippen LogP contribution is -2.42. The van der Waals surface area contributed by atoms with Crippen molar-refractivity contribution in [2.75, 3.05) is 13.1 Å². The Hall–Kier alpha value is -2.44. The van der Waals surface area contributed by atoms with Gasteiger partial charge in [0.25, 0.3) is 11.5 Å². The molecule has 1 saturated heterocycles. The van der Waals surface area contributed by atoms with Crippen molar-refractivity contribution >= 4 is 5.91 Å². The molecule has 0 aliphatic carbocycles. The number of carbonyl (C=O) groups is 1. The fraction of sp³-hybridized carbons (Fsp3) is 0.556. The minimum absolute atomic E-state index is 0.104. The largest absolute Gasteiger partial charge is 0.335 e. The monoisotopic (exact) mass is 343 g/mol. The lowest BCUT2D eigenvalue weighted by Gasteiger charge is -2.34. The minimum Gasteiger partial charge on any atom is -0.335 e. The summed E-state index contributed by atoms with van der Waals surface area (Å²) in [7, 11) is 0. The van der Waals surface area contributed by atoms with Crippen molar-refractivity contribution in [2.45, 2.75) is 52.1 Å². The maximum absolute atomic E-state index is 12.9. The molecule has 2 aromatic rings. The number of hydrogen-bond donors (Lipinski definition) is 0. The zero-order valence-corrected chi connectivity index (χ0v) is 14.9. The fourth-order valence-electron chi connectivity index (χ4n) is 3.41. The molecule has 0 saturated carbocycles. The Morgan fingerprint density at radius 3 is 2.92 bits per heavy atom. The highest BCUT2D eigenvalue weighted by Gasteiger charge is 2.27. The van der Waals surface area contributed by atoms with E-state index < -0.39 is 0 Å². The summed E-state index contributed by atoms with van der Waals surface area (Å²) in [5.74, 6) is 0.946. The van der Waals surface area contributed by atoms with E-state index in [1.165, 1.54) is 16.8 Å². The molecule has 1 amide bonds. The van der Waals surface area contributed by atoms with Crippen molar-refractivity contribution in [3.05, 3.63) is 46.4 Å². The topological polar surface area (TPSA) is 73.0 Å². The second-order valence-electron chi connectivity index (χ2n) is 6.43. The number of hydrogen-bond acceptors (Lipinski definition) is 4. The first-order valence-electron chi connectivity index (χ1n) is 9.03. The number of imidazole rings is 1. The maximum Gasteiger partial charge on any atom is 0.274 e. The first kappa shape index (κ1) is 17.4. The van der Waals surface area contributed by atoms with Crippen molar-refractivity contribution in [1.82, 2.24) is 24.2 Å². The first-order valence-corrected chi connectivity index (χ1v) is 9.03. The van der Waals surface area contributed by atoms with E-state index >= 15 is 0 Å². The molecule has 3 rings (SSSR count). The van der Waals surface area contributed by atoms with Crippen molar-refractivity contribution in [2.24, 2.45) is 0 Å². The molecular weight excluding hydrogens is 318 g/mol. The van der Waals surface area contributed by atoms with Crippen LogP contribution in [0, 0.1) is 0 Å². The summed E-state index contributed by atoms with van der Waals surface area (Å²) in [5.41, 5.74) is 0.177. The summed E-state index contributed by atoms with van der Waals surface area (Å²) >= 11 is 0. The number of nitrogens with zero attached hydrogens (tertiary/aromatic N) is 5. The summed E-state index contributed by atoms with van der Waals surface area (Å²) in [6, 6.07) is 3.22. The highest BCUT2D eigenvalue weighted by Crippen LogP contribution is 2.23. The second-order valence-corrected chi connectivity index (χ2v) is 6.43. The van der Waals surface area contributed by atoms with Gasteiger partial charge in [-0.05, 0) is 25.3 Å². The average molecular weight is 343 g/mol. The van der Waals surface area contributed by atoms with E-state index in [0.29, 0.717) is 18.8 Å².